The van der Waals surface area contributed by atoms with Gasteiger partial charge in [0.25, 0.3) is 15.9 Å². The Morgan fingerprint density at radius 1 is 1.11 bits per heavy atom. The van der Waals surface area contributed by atoms with Crippen LogP contribution in [0.2, 0.25) is 0 Å². The fraction of sp³-hybridized carbons (Fsp3) is 0.111. The Labute approximate surface area is 161 Å². The van der Waals surface area contributed by atoms with Crippen LogP contribution in [0.1, 0.15) is 16.1 Å². The molecule has 0 saturated carbocycles. The van der Waals surface area contributed by atoms with Gasteiger partial charge in [-0.15, -0.1) is 11.3 Å². The van der Waals surface area contributed by atoms with Crippen molar-refractivity contribution in [1.82, 2.24) is 10.3 Å². The summed E-state index contributed by atoms with van der Waals surface area (Å²) in [6.07, 6.45) is 0. The standard InChI is InChI=1S/C18H17N3O4S2/c1-25-14-7-9-15(10-8-14)27(23,24)21-18-20-16(12-26-18)17(22)19-11-13-5-3-2-4-6-13/h2-10,12H,11H2,1H3,(H,19,22)(H,20,21). The van der Waals surface area contributed by atoms with Crippen molar-refractivity contribution in [3.05, 3.63) is 71.2 Å². The fourth-order valence-electron chi connectivity index (χ4n) is 2.22. The van der Waals surface area contributed by atoms with Crippen LogP contribution in [0.25, 0.3) is 0 Å². The molecule has 0 radical (unpaired) electrons. The monoisotopic (exact) mass is 403 g/mol. The molecule has 0 unspecified atom stereocenters. The summed E-state index contributed by atoms with van der Waals surface area (Å²) >= 11 is 1.04. The lowest BCUT2D eigenvalue weighted by Gasteiger charge is -2.06. The van der Waals surface area contributed by atoms with Gasteiger partial charge in [-0.2, -0.15) is 0 Å². The second-order valence-electron chi connectivity index (χ2n) is 5.49. The second kappa shape index (κ2) is 8.19. The van der Waals surface area contributed by atoms with Crippen LogP contribution in [0.4, 0.5) is 5.13 Å². The molecular formula is C18H17N3O4S2. The molecule has 2 aromatic carbocycles. The zero-order chi connectivity index (χ0) is 19.3. The van der Waals surface area contributed by atoms with Crippen LogP contribution in [0.15, 0.2) is 64.9 Å². The van der Waals surface area contributed by atoms with Gasteiger partial charge in [0.05, 0.1) is 12.0 Å². The lowest BCUT2D eigenvalue weighted by molar-refractivity contribution is 0.0946. The molecule has 1 aromatic heterocycles. The van der Waals surface area contributed by atoms with Crippen LogP contribution in [0.3, 0.4) is 0 Å². The summed E-state index contributed by atoms with van der Waals surface area (Å²) in [6, 6.07) is 15.4. The number of hydrogen-bond acceptors (Lipinski definition) is 6. The summed E-state index contributed by atoms with van der Waals surface area (Å²) < 4.78 is 32.2. The maximum absolute atomic E-state index is 12.4. The highest BCUT2D eigenvalue weighted by atomic mass is 32.2. The van der Waals surface area contributed by atoms with Gasteiger partial charge in [-0.3, -0.25) is 9.52 Å². The fourth-order valence-corrected chi connectivity index (χ4v) is 4.17. The van der Waals surface area contributed by atoms with Crippen molar-refractivity contribution in [3.63, 3.8) is 0 Å². The molecule has 0 spiro atoms. The zero-order valence-corrected chi connectivity index (χ0v) is 16.0. The quantitative estimate of drug-likeness (QED) is 0.632. The summed E-state index contributed by atoms with van der Waals surface area (Å²) in [4.78, 5) is 16.3. The highest BCUT2D eigenvalue weighted by Crippen LogP contribution is 2.21. The second-order valence-corrected chi connectivity index (χ2v) is 8.03. The van der Waals surface area contributed by atoms with E-state index in [2.05, 4.69) is 15.0 Å². The Kier molecular flexibility index (Phi) is 5.72. The Balaban J connectivity index is 1.65. The molecule has 0 fully saturated rings. The lowest BCUT2D eigenvalue weighted by Crippen LogP contribution is -2.23. The van der Waals surface area contributed by atoms with E-state index in [-0.39, 0.29) is 21.6 Å². The average molecular weight is 403 g/mol. The third kappa shape index (κ3) is 4.83. The predicted molar refractivity (Wildman–Crippen MR) is 104 cm³/mol. The molecule has 0 aliphatic heterocycles. The molecule has 0 saturated heterocycles. The molecule has 0 aliphatic carbocycles. The average Bonchev–Trinajstić information content (AvgIpc) is 3.15. The number of benzene rings is 2. The van der Waals surface area contributed by atoms with Gasteiger partial charge < -0.3 is 10.1 Å². The van der Waals surface area contributed by atoms with Gasteiger partial charge in [-0.1, -0.05) is 30.3 Å². The number of rotatable bonds is 7. The minimum absolute atomic E-state index is 0.0774. The first-order chi connectivity index (χ1) is 13.0. The van der Waals surface area contributed by atoms with Gasteiger partial charge in [0.1, 0.15) is 11.4 Å². The van der Waals surface area contributed by atoms with E-state index < -0.39 is 10.0 Å². The minimum atomic E-state index is -3.80. The van der Waals surface area contributed by atoms with E-state index in [9.17, 15) is 13.2 Å². The molecule has 7 nitrogen and oxygen atoms in total. The first kappa shape index (κ1) is 18.9. The van der Waals surface area contributed by atoms with E-state index >= 15 is 0 Å². The zero-order valence-electron chi connectivity index (χ0n) is 14.4. The Morgan fingerprint density at radius 2 is 1.81 bits per heavy atom. The van der Waals surface area contributed by atoms with Gasteiger partial charge in [0.15, 0.2) is 5.13 Å². The largest absolute Gasteiger partial charge is 0.497 e. The van der Waals surface area contributed by atoms with Crippen LogP contribution in [0, 0.1) is 0 Å². The number of methoxy groups -OCH3 is 1. The Morgan fingerprint density at radius 3 is 2.48 bits per heavy atom. The smallest absolute Gasteiger partial charge is 0.271 e. The van der Waals surface area contributed by atoms with E-state index in [0.29, 0.717) is 12.3 Å². The summed E-state index contributed by atoms with van der Waals surface area (Å²) in [5, 5.41) is 4.38. The predicted octanol–water partition coefficient (Wildman–Crippen LogP) is 2.88. The number of amides is 1. The van der Waals surface area contributed by atoms with Crippen molar-refractivity contribution in [2.45, 2.75) is 11.4 Å². The van der Waals surface area contributed by atoms with Gasteiger partial charge in [0.2, 0.25) is 0 Å². The molecular weight excluding hydrogens is 386 g/mol. The molecule has 0 aliphatic rings. The number of aromatic nitrogens is 1. The molecule has 0 atom stereocenters. The van der Waals surface area contributed by atoms with Crippen molar-refractivity contribution in [1.29, 1.82) is 0 Å². The van der Waals surface area contributed by atoms with Crippen LogP contribution < -0.4 is 14.8 Å². The van der Waals surface area contributed by atoms with Crippen LogP contribution in [-0.2, 0) is 16.6 Å². The number of sulfonamides is 1. The highest BCUT2D eigenvalue weighted by molar-refractivity contribution is 7.93. The normalized spacial score (nSPS) is 11.0. The van der Waals surface area contributed by atoms with Crippen molar-refractivity contribution in [2.75, 3.05) is 11.8 Å². The minimum Gasteiger partial charge on any atom is -0.497 e. The number of nitrogens with zero attached hydrogens (tertiary/aromatic N) is 1. The van der Waals surface area contributed by atoms with E-state index in [1.54, 1.807) is 12.1 Å². The number of ether oxygens (including phenoxy) is 1. The van der Waals surface area contributed by atoms with Crippen LogP contribution in [0.5, 0.6) is 5.75 Å². The number of carbonyl (C=O) groups excluding carboxylic acids is 1. The molecule has 3 rings (SSSR count). The molecule has 0 bridgehead atoms. The van der Waals surface area contributed by atoms with Gasteiger partial charge >= 0.3 is 0 Å². The van der Waals surface area contributed by atoms with Crippen molar-refractivity contribution in [2.24, 2.45) is 0 Å². The molecule has 1 heterocycles. The summed E-state index contributed by atoms with van der Waals surface area (Å²) in [5.41, 5.74) is 1.12. The maximum Gasteiger partial charge on any atom is 0.271 e. The molecule has 2 N–H and O–H groups in total. The van der Waals surface area contributed by atoms with E-state index in [4.69, 9.17) is 4.74 Å². The summed E-state index contributed by atoms with van der Waals surface area (Å²) in [6.45, 7) is 0.365. The number of thiazole rings is 1. The Hall–Kier alpha value is -2.91. The van der Waals surface area contributed by atoms with Gasteiger partial charge in [-0.25, -0.2) is 13.4 Å². The van der Waals surface area contributed by atoms with E-state index in [1.807, 2.05) is 30.3 Å². The topological polar surface area (TPSA) is 97.4 Å². The molecule has 1 amide bonds. The molecule has 27 heavy (non-hydrogen) atoms. The SMILES string of the molecule is COc1ccc(S(=O)(=O)Nc2nc(C(=O)NCc3ccccc3)cs2)cc1. The number of carbonyl (C=O) groups is 1. The van der Waals surface area contributed by atoms with Crippen molar-refractivity contribution < 1.29 is 17.9 Å². The Bertz CT molecular complexity index is 1020. The third-order valence-corrected chi connectivity index (χ3v) is 5.87. The summed E-state index contributed by atoms with van der Waals surface area (Å²) in [5.74, 6) is 0.186. The van der Waals surface area contributed by atoms with E-state index in [0.717, 1.165) is 16.9 Å². The van der Waals surface area contributed by atoms with Crippen molar-refractivity contribution >= 4 is 32.4 Å². The van der Waals surface area contributed by atoms with Crippen LogP contribution >= 0.6 is 11.3 Å². The summed E-state index contributed by atoms with van der Waals surface area (Å²) in [7, 11) is -2.29. The highest BCUT2D eigenvalue weighted by Gasteiger charge is 2.18. The van der Waals surface area contributed by atoms with Gasteiger partial charge in [-0.05, 0) is 29.8 Å². The van der Waals surface area contributed by atoms with Crippen LogP contribution in [-0.4, -0.2) is 26.4 Å². The van der Waals surface area contributed by atoms with Gasteiger partial charge in [0, 0.05) is 11.9 Å². The molecule has 3 aromatic rings. The first-order valence-electron chi connectivity index (χ1n) is 7.92. The number of hydrogen-bond donors (Lipinski definition) is 2. The maximum atomic E-state index is 12.4. The van der Waals surface area contributed by atoms with E-state index in [1.165, 1.54) is 24.6 Å². The first-order valence-corrected chi connectivity index (χ1v) is 10.3. The van der Waals surface area contributed by atoms with Crippen molar-refractivity contribution in [3.8, 4) is 5.75 Å². The molecule has 9 heteroatoms. The number of anilines is 1. The molecule has 140 valence electrons. The number of nitrogens with one attached hydrogen (secondary N) is 2. The lowest BCUT2D eigenvalue weighted by atomic mass is 10.2. The third-order valence-electron chi connectivity index (χ3n) is 3.62.